The Morgan fingerprint density at radius 2 is 1.80 bits per heavy atom. The van der Waals surface area contributed by atoms with Gasteiger partial charge in [0, 0.05) is 22.8 Å². The van der Waals surface area contributed by atoms with Crippen LogP contribution in [0.15, 0.2) is 53.3 Å². The van der Waals surface area contributed by atoms with Crippen molar-refractivity contribution in [3.8, 4) is 5.75 Å². The molecule has 3 aromatic rings. The largest absolute Gasteiger partial charge is 0.494 e. The summed E-state index contributed by atoms with van der Waals surface area (Å²) in [6.07, 6.45) is 0. The van der Waals surface area contributed by atoms with Gasteiger partial charge in [0.2, 0.25) is 5.56 Å². The highest BCUT2D eigenvalue weighted by atomic mass is 19.1. The molecule has 7 heteroatoms. The van der Waals surface area contributed by atoms with Crippen molar-refractivity contribution < 1.29 is 13.9 Å². The smallest absolute Gasteiger partial charge is 0.323 e. The summed E-state index contributed by atoms with van der Waals surface area (Å²) in [4.78, 5) is 25.7. The molecule has 2 amide bonds. The van der Waals surface area contributed by atoms with Crippen molar-refractivity contribution in [1.82, 2.24) is 4.98 Å². The molecule has 0 saturated carbocycles. The minimum absolute atomic E-state index is 0.102. The third-order valence-electron chi connectivity index (χ3n) is 3.46. The van der Waals surface area contributed by atoms with Crippen molar-refractivity contribution in [2.75, 3.05) is 17.2 Å². The van der Waals surface area contributed by atoms with E-state index in [-0.39, 0.29) is 16.8 Å². The van der Waals surface area contributed by atoms with Crippen molar-refractivity contribution in [3.63, 3.8) is 0 Å². The van der Waals surface area contributed by atoms with Crippen molar-refractivity contribution in [1.29, 1.82) is 0 Å². The zero-order valence-corrected chi connectivity index (χ0v) is 13.4. The topological polar surface area (TPSA) is 83.2 Å². The number of pyridine rings is 1. The van der Waals surface area contributed by atoms with Crippen LogP contribution in [0.2, 0.25) is 0 Å². The van der Waals surface area contributed by atoms with Crippen LogP contribution in [-0.2, 0) is 0 Å². The Bertz CT molecular complexity index is 967. The number of H-pyrrole nitrogens is 1. The fraction of sp³-hybridized carbons (Fsp3) is 0.111. The number of carbonyl (C=O) groups excluding carboxylic acids is 1. The Morgan fingerprint density at radius 1 is 1.08 bits per heavy atom. The summed E-state index contributed by atoms with van der Waals surface area (Å²) in [5.41, 5.74) is 0.567. The fourth-order valence-corrected chi connectivity index (χ4v) is 2.39. The monoisotopic (exact) mass is 341 g/mol. The summed E-state index contributed by atoms with van der Waals surface area (Å²) in [7, 11) is 0. The summed E-state index contributed by atoms with van der Waals surface area (Å²) < 4.78 is 19.4. The predicted molar refractivity (Wildman–Crippen MR) is 94.8 cm³/mol. The van der Waals surface area contributed by atoms with Crippen LogP contribution in [-0.4, -0.2) is 17.6 Å². The van der Waals surface area contributed by atoms with Crippen LogP contribution in [0.1, 0.15) is 6.92 Å². The van der Waals surface area contributed by atoms with Gasteiger partial charge in [0.1, 0.15) is 11.6 Å². The first kappa shape index (κ1) is 16.5. The summed E-state index contributed by atoms with van der Waals surface area (Å²) in [6.45, 7) is 2.45. The second kappa shape index (κ2) is 7.04. The molecule has 1 heterocycles. The molecule has 0 fully saturated rings. The predicted octanol–water partition coefficient (Wildman–Crippen LogP) is 3.71. The molecule has 0 saturated heterocycles. The third kappa shape index (κ3) is 3.95. The van der Waals surface area contributed by atoms with Crippen LogP contribution in [0.4, 0.5) is 20.6 Å². The molecule has 0 spiro atoms. The number of halogens is 1. The Morgan fingerprint density at radius 3 is 2.52 bits per heavy atom. The molecule has 0 bridgehead atoms. The van der Waals surface area contributed by atoms with Gasteiger partial charge in [0.25, 0.3) is 0 Å². The second-order valence-electron chi connectivity index (χ2n) is 5.28. The minimum atomic E-state index is -0.619. The van der Waals surface area contributed by atoms with E-state index in [0.29, 0.717) is 23.4 Å². The molecule has 2 aromatic carbocycles. The number of nitrogens with one attached hydrogen (secondary N) is 3. The van der Waals surface area contributed by atoms with E-state index in [0.717, 1.165) is 6.07 Å². The van der Waals surface area contributed by atoms with E-state index in [9.17, 15) is 14.0 Å². The van der Waals surface area contributed by atoms with Crippen LogP contribution >= 0.6 is 0 Å². The normalized spacial score (nSPS) is 10.5. The first-order valence-corrected chi connectivity index (χ1v) is 7.68. The second-order valence-corrected chi connectivity index (χ2v) is 5.28. The van der Waals surface area contributed by atoms with E-state index in [1.54, 1.807) is 30.3 Å². The summed E-state index contributed by atoms with van der Waals surface area (Å²) in [6, 6.07) is 11.9. The Labute approximate surface area is 142 Å². The van der Waals surface area contributed by atoms with Crippen LogP contribution in [0.3, 0.4) is 0 Å². The molecular weight excluding hydrogens is 325 g/mol. The number of aromatic nitrogens is 1. The number of hydrogen-bond acceptors (Lipinski definition) is 3. The number of amides is 2. The van der Waals surface area contributed by atoms with Crippen molar-refractivity contribution in [2.24, 2.45) is 0 Å². The van der Waals surface area contributed by atoms with Crippen LogP contribution in [0, 0.1) is 5.82 Å². The average molecular weight is 341 g/mol. The fourth-order valence-electron chi connectivity index (χ4n) is 2.39. The number of ether oxygens (including phenoxy) is 1. The highest BCUT2D eigenvalue weighted by molar-refractivity contribution is 6.01. The zero-order valence-electron chi connectivity index (χ0n) is 13.4. The van der Waals surface area contributed by atoms with Gasteiger partial charge < -0.3 is 20.4 Å². The standard InChI is InChI=1S/C18H16FN3O3/c1-2-25-14-6-4-12(5-7-14)20-18(24)21-13-9-11-3-8-16(23)22-17(11)15(19)10-13/h3-10H,2H2,1H3,(H,22,23)(H2,20,21,24). The molecule has 6 nitrogen and oxygen atoms in total. The third-order valence-corrected chi connectivity index (χ3v) is 3.46. The number of benzene rings is 2. The maximum atomic E-state index is 14.1. The number of rotatable bonds is 4. The molecule has 128 valence electrons. The molecule has 0 atom stereocenters. The maximum absolute atomic E-state index is 14.1. The first-order valence-electron chi connectivity index (χ1n) is 7.68. The van der Waals surface area contributed by atoms with E-state index in [2.05, 4.69) is 15.6 Å². The molecule has 3 rings (SSSR count). The molecular formula is C18H16FN3O3. The highest BCUT2D eigenvalue weighted by Gasteiger charge is 2.08. The van der Waals surface area contributed by atoms with Crippen LogP contribution in [0.25, 0.3) is 10.9 Å². The number of aromatic amines is 1. The number of fused-ring (bicyclic) bond motifs is 1. The number of anilines is 2. The minimum Gasteiger partial charge on any atom is -0.494 e. The molecule has 0 aliphatic heterocycles. The van der Waals surface area contributed by atoms with E-state index in [1.165, 1.54) is 12.1 Å². The average Bonchev–Trinajstić information content (AvgIpc) is 2.57. The summed E-state index contributed by atoms with van der Waals surface area (Å²) >= 11 is 0. The maximum Gasteiger partial charge on any atom is 0.323 e. The van der Waals surface area contributed by atoms with E-state index in [4.69, 9.17) is 4.74 Å². The van der Waals surface area contributed by atoms with Crippen molar-refractivity contribution in [2.45, 2.75) is 6.92 Å². The zero-order chi connectivity index (χ0) is 17.8. The van der Waals surface area contributed by atoms with Gasteiger partial charge >= 0.3 is 6.03 Å². The van der Waals surface area contributed by atoms with Gasteiger partial charge in [-0.1, -0.05) is 0 Å². The first-order chi connectivity index (χ1) is 12.0. The molecule has 0 aliphatic rings. The number of hydrogen-bond donors (Lipinski definition) is 3. The lowest BCUT2D eigenvalue weighted by molar-refractivity contribution is 0.262. The molecule has 1 aromatic heterocycles. The van der Waals surface area contributed by atoms with Gasteiger partial charge in [-0.15, -0.1) is 0 Å². The van der Waals surface area contributed by atoms with Crippen LogP contribution < -0.4 is 20.9 Å². The lowest BCUT2D eigenvalue weighted by atomic mass is 10.2. The van der Waals surface area contributed by atoms with Crippen molar-refractivity contribution in [3.05, 3.63) is 64.7 Å². The van der Waals surface area contributed by atoms with E-state index in [1.807, 2.05) is 6.92 Å². The molecule has 0 aliphatic carbocycles. The Hall–Kier alpha value is -3.35. The quantitative estimate of drug-likeness (QED) is 0.676. The lowest BCUT2D eigenvalue weighted by Gasteiger charge is -2.10. The van der Waals surface area contributed by atoms with Crippen molar-refractivity contribution >= 4 is 28.3 Å². The summed E-state index contributed by atoms with van der Waals surface area (Å²) in [5.74, 6) is 0.0885. The van der Waals surface area contributed by atoms with Gasteiger partial charge in [-0.2, -0.15) is 0 Å². The Kier molecular flexibility index (Phi) is 4.65. The number of urea groups is 1. The highest BCUT2D eigenvalue weighted by Crippen LogP contribution is 2.21. The van der Waals surface area contributed by atoms with Gasteiger partial charge in [0.05, 0.1) is 12.1 Å². The van der Waals surface area contributed by atoms with Gasteiger partial charge in [-0.3, -0.25) is 4.79 Å². The molecule has 3 N–H and O–H groups in total. The van der Waals surface area contributed by atoms with Gasteiger partial charge in [0.15, 0.2) is 0 Å². The Balaban J connectivity index is 1.73. The van der Waals surface area contributed by atoms with Gasteiger partial charge in [-0.25, -0.2) is 9.18 Å². The lowest BCUT2D eigenvalue weighted by Crippen LogP contribution is -2.19. The molecule has 0 unspecified atom stereocenters. The molecule has 25 heavy (non-hydrogen) atoms. The molecule has 0 radical (unpaired) electrons. The van der Waals surface area contributed by atoms with Crippen LogP contribution in [0.5, 0.6) is 5.75 Å². The summed E-state index contributed by atoms with van der Waals surface area (Å²) in [5, 5.41) is 5.70. The van der Waals surface area contributed by atoms with E-state index >= 15 is 0 Å². The van der Waals surface area contributed by atoms with E-state index < -0.39 is 11.8 Å². The number of carbonyl (C=O) groups is 1. The SMILES string of the molecule is CCOc1ccc(NC(=O)Nc2cc(F)c3[nH]c(=O)ccc3c2)cc1. The van der Waals surface area contributed by atoms with Gasteiger partial charge in [-0.05, 0) is 49.4 Å².